The third kappa shape index (κ3) is 2.24. The van der Waals surface area contributed by atoms with Gasteiger partial charge in [0.25, 0.3) is 0 Å². The Bertz CT molecular complexity index is 923. The van der Waals surface area contributed by atoms with Crippen LogP contribution in [0, 0.1) is 11.6 Å². The second-order valence-corrected chi connectivity index (χ2v) is 4.46. The van der Waals surface area contributed by atoms with Crippen molar-refractivity contribution in [3.63, 3.8) is 0 Å². The molecule has 0 bridgehead atoms. The highest BCUT2D eigenvalue weighted by molar-refractivity contribution is 5.77. The molecule has 1 aromatic heterocycles. The van der Waals surface area contributed by atoms with Crippen LogP contribution < -0.4 is 11.4 Å². The van der Waals surface area contributed by atoms with E-state index in [1.807, 2.05) is 0 Å². The van der Waals surface area contributed by atoms with E-state index in [0.717, 1.165) is 16.7 Å². The number of hydrogen-bond acceptors (Lipinski definition) is 3. The van der Waals surface area contributed by atoms with Gasteiger partial charge in [-0.25, -0.2) is 18.4 Å². The van der Waals surface area contributed by atoms with Gasteiger partial charge in [0, 0.05) is 5.56 Å². The molecule has 0 amide bonds. The van der Waals surface area contributed by atoms with Gasteiger partial charge in [0.1, 0.15) is 11.6 Å². The van der Waals surface area contributed by atoms with Crippen molar-refractivity contribution in [1.29, 1.82) is 0 Å². The summed E-state index contributed by atoms with van der Waals surface area (Å²) in [7, 11) is 0. The summed E-state index contributed by atoms with van der Waals surface area (Å²) in [4.78, 5) is 23.4. The van der Waals surface area contributed by atoms with Gasteiger partial charge in [-0.2, -0.15) is 0 Å². The van der Waals surface area contributed by atoms with Gasteiger partial charge in [-0.1, -0.05) is 18.2 Å². The van der Waals surface area contributed by atoms with Crippen molar-refractivity contribution in [2.45, 2.75) is 6.54 Å². The van der Waals surface area contributed by atoms with E-state index in [1.54, 1.807) is 12.1 Å². The lowest BCUT2D eigenvalue weighted by atomic mass is 10.2. The Kier molecular flexibility index (Phi) is 3.13. The van der Waals surface area contributed by atoms with Crippen molar-refractivity contribution in [3.05, 3.63) is 80.6 Å². The van der Waals surface area contributed by atoms with Crippen molar-refractivity contribution in [2.24, 2.45) is 0 Å². The molecule has 0 unspecified atom stereocenters. The van der Waals surface area contributed by atoms with Crippen LogP contribution in [-0.4, -0.2) is 4.57 Å². The fourth-order valence-electron chi connectivity index (χ4n) is 2.16. The summed E-state index contributed by atoms with van der Waals surface area (Å²) in [6.07, 6.45) is 0. The summed E-state index contributed by atoms with van der Waals surface area (Å²) in [5, 5.41) is 0.175. The van der Waals surface area contributed by atoms with E-state index < -0.39 is 23.0 Å². The first-order valence-corrected chi connectivity index (χ1v) is 6.13. The number of benzene rings is 2. The maximum Gasteiger partial charge on any atom is 0.422 e. The summed E-state index contributed by atoms with van der Waals surface area (Å²) in [5.74, 6) is -2.49. The molecule has 4 nitrogen and oxygen atoms in total. The van der Waals surface area contributed by atoms with E-state index >= 15 is 0 Å². The first kappa shape index (κ1) is 13.2. The second-order valence-electron chi connectivity index (χ2n) is 4.46. The van der Waals surface area contributed by atoms with E-state index in [1.165, 1.54) is 18.2 Å². The number of para-hydroxylation sites is 1. The average molecular weight is 289 g/mol. The van der Waals surface area contributed by atoms with Crippen molar-refractivity contribution < 1.29 is 13.2 Å². The maximum atomic E-state index is 13.7. The molecule has 3 aromatic rings. The van der Waals surface area contributed by atoms with Gasteiger partial charge in [-0.3, -0.25) is 4.57 Å². The third-order valence-electron chi connectivity index (χ3n) is 3.19. The zero-order chi connectivity index (χ0) is 15.0. The van der Waals surface area contributed by atoms with E-state index in [0.29, 0.717) is 0 Å². The molecular formula is C15H9F2NO3. The van der Waals surface area contributed by atoms with Gasteiger partial charge in [0.2, 0.25) is 0 Å². The summed E-state index contributed by atoms with van der Waals surface area (Å²) >= 11 is 0. The molecule has 3 rings (SSSR count). The molecule has 6 heteroatoms. The number of rotatable bonds is 2. The Labute approximate surface area is 116 Å². The van der Waals surface area contributed by atoms with E-state index in [9.17, 15) is 18.4 Å². The molecule has 106 valence electrons. The lowest BCUT2D eigenvalue weighted by molar-refractivity contribution is 0.419. The molecule has 21 heavy (non-hydrogen) atoms. The first-order valence-electron chi connectivity index (χ1n) is 6.13. The Morgan fingerprint density at radius 2 is 1.62 bits per heavy atom. The van der Waals surface area contributed by atoms with Crippen molar-refractivity contribution in [2.75, 3.05) is 0 Å². The van der Waals surface area contributed by atoms with Crippen LogP contribution in [0.25, 0.3) is 10.9 Å². The van der Waals surface area contributed by atoms with Gasteiger partial charge in [-0.05, 0) is 24.3 Å². The van der Waals surface area contributed by atoms with Gasteiger partial charge < -0.3 is 4.42 Å². The molecule has 2 aromatic carbocycles. The van der Waals surface area contributed by atoms with Gasteiger partial charge in [-0.15, -0.1) is 0 Å². The quantitative estimate of drug-likeness (QED) is 0.727. The second kappa shape index (κ2) is 4.97. The molecule has 0 saturated heterocycles. The predicted octanol–water partition coefficient (Wildman–Crippen LogP) is 2.28. The molecule has 0 aliphatic heterocycles. The zero-order valence-electron chi connectivity index (χ0n) is 10.7. The number of hydrogen-bond donors (Lipinski definition) is 0. The normalized spacial score (nSPS) is 11.0. The highest BCUT2D eigenvalue weighted by Crippen LogP contribution is 2.15. The van der Waals surface area contributed by atoms with Crippen LogP contribution in [0.2, 0.25) is 0 Å². The number of aromatic nitrogens is 1. The summed E-state index contributed by atoms with van der Waals surface area (Å²) in [6, 6.07) is 9.67. The molecule has 1 heterocycles. The zero-order valence-corrected chi connectivity index (χ0v) is 10.7. The topological polar surface area (TPSA) is 52.2 Å². The predicted molar refractivity (Wildman–Crippen MR) is 72.2 cm³/mol. The minimum absolute atomic E-state index is 0.175. The molecule has 0 atom stereocenters. The Morgan fingerprint density at radius 3 is 2.33 bits per heavy atom. The highest BCUT2D eigenvalue weighted by atomic mass is 19.1. The van der Waals surface area contributed by atoms with Crippen molar-refractivity contribution >= 4 is 10.9 Å². The number of fused-ring (bicyclic) bond motifs is 1. The van der Waals surface area contributed by atoms with E-state index in [-0.39, 0.29) is 23.0 Å². The fourth-order valence-corrected chi connectivity index (χ4v) is 2.16. The minimum atomic E-state index is -0.957. The first-order chi connectivity index (χ1) is 10.1. The smallest absolute Gasteiger partial charge is 0.372 e. The Morgan fingerprint density at radius 1 is 0.952 bits per heavy atom. The largest absolute Gasteiger partial charge is 0.422 e. The molecule has 0 N–H and O–H groups in total. The average Bonchev–Trinajstić information content (AvgIpc) is 2.46. The fraction of sp³-hybridized carbons (Fsp3) is 0.0667. The molecule has 0 aliphatic carbocycles. The van der Waals surface area contributed by atoms with Crippen LogP contribution in [0.1, 0.15) is 5.56 Å². The molecule has 0 saturated carbocycles. The van der Waals surface area contributed by atoms with Gasteiger partial charge in [0.05, 0.1) is 17.4 Å². The van der Waals surface area contributed by atoms with Crippen LogP contribution in [0.3, 0.4) is 0 Å². The highest BCUT2D eigenvalue weighted by Gasteiger charge is 2.14. The van der Waals surface area contributed by atoms with Crippen LogP contribution >= 0.6 is 0 Å². The van der Waals surface area contributed by atoms with E-state index in [2.05, 4.69) is 4.42 Å². The lowest BCUT2D eigenvalue weighted by Gasteiger charge is -2.09. The summed E-state index contributed by atoms with van der Waals surface area (Å²) in [5.41, 5.74) is -0.777. The summed E-state index contributed by atoms with van der Waals surface area (Å²) < 4.78 is 33.0. The molecule has 0 radical (unpaired) electrons. The molecule has 0 fully saturated rings. The van der Waals surface area contributed by atoms with Crippen LogP contribution in [0.15, 0.2) is 56.5 Å². The third-order valence-corrected chi connectivity index (χ3v) is 3.19. The lowest BCUT2D eigenvalue weighted by Crippen LogP contribution is -2.26. The molecular weight excluding hydrogens is 280 g/mol. The van der Waals surface area contributed by atoms with Crippen molar-refractivity contribution in [3.8, 4) is 0 Å². The van der Waals surface area contributed by atoms with Crippen LogP contribution in [-0.2, 0) is 6.54 Å². The Balaban J connectivity index is 2.27. The number of nitrogens with zero attached hydrogens (tertiary/aromatic N) is 1. The standard InChI is InChI=1S/C15H9F2NO3/c16-11-5-3-6-12(17)10(11)8-18-13-7-2-1-4-9(13)14(19)21-15(18)20/h1-7H,8H2. The summed E-state index contributed by atoms with van der Waals surface area (Å²) in [6.45, 7) is -0.359. The minimum Gasteiger partial charge on any atom is -0.372 e. The van der Waals surface area contributed by atoms with Crippen LogP contribution in [0.5, 0.6) is 0 Å². The molecule has 0 aliphatic rings. The van der Waals surface area contributed by atoms with Gasteiger partial charge in [0.15, 0.2) is 0 Å². The van der Waals surface area contributed by atoms with Gasteiger partial charge >= 0.3 is 11.4 Å². The van der Waals surface area contributed by atoms with E-state index in [4.69, 9.17) is 0 Å². The number of halogens is 2. The Hall–Kier alpha value is -2.76. The van der Waals surface area contributed by atoms with Crippen LogP contribution in [0.4, 0.5) is 8.78 Å². The SMILES string of the molecule is O=c1oc(=O)n(Cc2c(F)cccc2F)c2ccccc12. The van der Waals surface area contributed by atoms with Crippen molar-refractivity contribution in [1.82, 2.24) is 4.57 Å². The molecule has 0 spiro atoms. The monoisotopic (exact) mass is 289 g/mol. The maximum absolute atomic E-state index is 13.7.